The molecule has 21 heavy (non-hydrogen) atoms. The Kier molecular flexibility index (Phi) is 3.99. The van der Waals surface area contributed by atoms with Crippen LogP contribution in [0.5, 0.6) is 5.75 Å². The van der Waals surface area contributed by atoms with Crippen LogP contribution in [-0.2, 0) is 9.84 Å². The zero-order valence-corrected chi connectivity index (χ0v) is 12.5. The molecule has 0 aliphatic heterocycles. The van der Waals surface area contributed by atoms with Crippen molar-refractivity contribution in [1.29, 1.82) is 0 Å². The molecule has 110 valence electrons. The molecule has 0 heterocycles. The van der Waals surface area contributed by atoms with E-state index in [1.807, 2.05) is 0 Å². The Balaban J connectivity index is 2.55. The van der Waals surface area contributed by atoms with Gasteiger partial charge in [0.25, 0.3) is 0 Å². The van der Waals surface area contributed by atoms with Crippen LogP contribution in [0.15, 0.2) is 47.4 Å². The molecule has 5 nitrogen and oxygen atoms in total. The fourth-order valence-electron chi connectivity index (χ4n) is 1.97. The van der Waals surface area contributed by atoms with Gasteiger partial charge in [0, 0.05) is 17.4 Å². The molecule has 0 atom stereocenters. The zero-order valence-electron chi connectivity index (χ0n) is 11.7. The number of carbonyl (C=O) groups is 1. The predicted molar refractivity (Wildman–Crippen MR) is 80.1 cm³/mol. The Morgan fingerprint density at radius 2 is 1.71 bits per heavy atom. The van der Waals surface area contributed by atoms with E-state index in [2.05, 4.69) is 0 Å². The summed E-state index contributed by atoms with van der Waals surface area (Å²) in [6, 6.07) is 11.2. The minimum atomic E-state index is -3.24. The number of sulfone groups is 1. The molecule has 2 rings (SSSR count). The summed E-state index contributed by atoms with van der Waals surface area (Å²) < 4.78 is 28.2. The van der Waals surface area contributed by atoms with Crippen molar-refractivity contribution < 1.29 is 17.9 Å². The maximum absolute atomic E-state index is 11.5. The van der Waals surface area contributed by atoms with Crippen molar-refractivity contribution in [3.63, 3.8) is 0 Å². The first-order chi connectivity index (χ1) is 9.82. The molecule has 0 fully saturated rings. The quantitative estimate of drug-likeness (QED) is 0.934. The third-order valence-corrected chi connectivity index (χ3v) is 4.21. The van der Waals surface area contributed by atoms with Gasteiger partial charge in [0.05, 0.1) is 12.0 Å². The van der Waals surface area contributed by atoms with Crippen LogP contribution < -0.4 is 10.5 Å². The van der Waals surface area contributed by atoms with Crippen molar-refractivity contribution in [1.82, 2.24) is 0 Å². The third kappa shape index (κ3) is 3.22. The van der Waals surface area contributed by atoms with Crippen LogP contribution in [0, 0.1) is 0 Å². The minimum Gasteiger partial charge on any atom is -0.496 e. The van der Waals surface area contributed by atoms with Crippen molar-refractivity contribution in [3.8, 4) is 16.9 Å². The fourth-order valence-corrected chi connectivity index (χ4v) is 2.60. The number of amides is 1. The number of hydrogen-bond acceptors (Lipinski definition) is 4. The summed E-state index contributed by atoms with van der Waals surface area (Å²) in [7, 11) is -1.72. The van der Waals surface area contributed by atoms with E-state index in [1.165, 1.54) is 19.2 Å². The molecule has 1 amide bonds. The van der Waals surface area contributed by atoms with E-state index >= 15 is 0 Å². The van der Waals surface area contributed by atoms with E-state index in [-0.39, 0.29) is 4.90 Å². The number of ether oxygens (including phenoxy) is 1. The number of rotatable bonds is 4. The van der Waals surface area contributed by atoms with Crippen LogP contribution >= 0.6 is 0 Å². The van der Waals surface area contributed by atoms with Gasteiger partial charge in [-0.3, -0.25) is 4.79 Å². The summed E-state index contributed by atoms with van der Waals surface area (Å²) in [5, 5.41) is 0. The lowest BCUT2D eigenvalue weighted by molar-refractivity contribution is 0.100. The number of benzene rings is 2. The van der Waals surface area contributed by atoms with Crippen molar-refractivity contribution in [2.75, 3.05) is 13.4 Å². The highest BCUT2D eigenvalue weighted by Crippen LogP contribution is 2.31. The molecule has 6 heteroatoms. The van der Waals surface area contributed by atoms with E-state index in [9.17, 15) is 13.2 Å². The molecule has 0 saturated heterocycles. The lowest BCUT2D eigenvalue weighted by Gasteiger charge is -2.10. The zero-order chi connectivity index (χ0) is 15.6. The lowest BCUT2D eigenvalue weighted by atomic mass is 10.0. The molecule has 0 spiro atoms. The van der Waals surface area contributed by atoms with Gasteiger partial charge in [0.1, 0.15) is 5.75 Å². The number of primary amides is 1. The minimum absolute atomic E-state index is 0.233. The van der Waals surface area contributed by atoms with Gasteiger partial charge in [-0.1, -0.05) is 12.1 Å². The molecule has 0 aromatic heterocycles. The first kappa shape index (κ1) is 15.1. The third-order valence-electron chi connectivity index (χ3n) is 3.08. The number of methoxy groups -OCH3 is 1. The van der Waals surface area contributed by atoms with Crippen molar-refractivity contribution in [3.05, 3.63) is 48.0 Å². The van der Waals surface area contributed by atoms with Gasteiger partial charge >= 0.3 is 0 Å². The molecule has 0 bridgehead atoms. The normalized spacial score (nSPS) is 11.1. The molecule has 2 N–H and O–H groups in total. The van der Waals surface area contributed by atoms with E-state index < -0.39 is 15.7 Å². The first-order valence-corrected chi connectivity index (χ1v) is 8.00. The second-order valence-electron chi connectivity index (χ2n) is 4.58. The van der Waals surface area contributed by atoms with Gasteiger partial charge in [0.15, 0.2) is 9.84 Å². The van der Waals surface area contributed by atoms with E-state index in [0.717, 1.165) is 11.8 Å². The molecule has 0 aliphatic carbocycles. The van der Waals surface area contributed by atoms with Crippen LogP contribution in [-0.4, -0.2) is 27.7 Å². The topological polar surface area (TPSA) is 86.5 Å². The average molecular weight is 305 g/mol. The number of nitrogens with two attached hydrogens (primary N) is 1. The van der Waals surface area contributed by atoms with Gasteiger partial charge in [0.2, 0.25) is 5.91 Å². The highest BCUT2D eigenvalue weighted by Gasteiger charge is 2.11. The van der Waals surface area contributed by atoms with Crippen LogP contribution in [0.2, 0.25) is 0 Å². The Bertz CT molecular complexity index is 780. The van der Waals surface area contributed by atoms with Crippen molar-refractivity contribution in [2.45, 2.75) is 4.90 Å². The summed E-state index contributed by atoms with van der Waals surface area (Å²) in [6.07, 6.45) is 1.15. The summed E-state index contributed by atoms with van der Waals surface area (Å²) >= 11 is 0. The van der Waals surface area contributed by atoms with E-state index in [1.54, 1.807) is 30.3 Å². The average Bonchev–Trinajstić information content (AvgIpc) is 2.45. The van der Waals surface area contributed by atoms with Gasteiger partial charge in [-0.05, 0) is 35.9 Å². The Morgan fingerprint density at radius 1 is 1.10 bits per heavy atom. The van der Waals surface area contributed by atoms with Gasteiger partial charge in [-0.25, -0.2) is 8.42 Å². The Morgan fingerprint density at radius 3 is 2.19 bits per heavy atom. The van der Waals surface area contributed by atoms with Gasteiger partial charge < -0.3 is 10.5 Å². The first-order valence-electron chi connectivity index (χ1n) is 6.11. The van der Waals surface area contributed by atoms with Gasteiger partial charge in [-0.15, -0.1) is 0 Å². The van der Waals surface area contributed by atoms with Crippen molar-refractivity contribution in [2.24, 2.45) is 5.73 Å². The Labute approximate surface area is 123 Å². The summed E-state index contributed by atoms with van der Waals surface area (Å²) in [6.45, 7) is 0. The molecule has 0 saturated carbocycles. The molecule has 0 radical (unpaired) electrons. The van der Waals surface area contributed by atoms with E-state index in [4.69, 9.17) is 10.5 Å². The van der Waals surface area contributed by atoms with E-state index in [0.29, 0.717) is 16.9 Å². The van der Waals surface area contributed by atoms with Crippen LogP contribution in [0.4, 0.5) is 0 Å². The molecular formula is C15H15NO4S. The van der Waals surface area contributed by atoms with Crippen molar-refractivity contribution >= 4 is 15.7 Å². The lowest BCUT2D eigenvalue weighted by Crippen LogP contribution is -2.10. The van der Waals surface area contributed by atoms with Crippen LogP contribution in [0.3, 0.4) is 0 Å². The monoisotopic (exact) mass is 305 g/mol. The molecular weight excluding hydrogens is 290 g/mol. The maximum Gasteiger partial charge on any atom is 0.248 e. The van der Waals surface area contributed by atoms with Gasteiger partial charge in [-0.2, -0.15) is 0 Å². The molecule has 0 aliphatic rings. The second kappa shape index (κ2) is 5.57. The highest BCUT2D eigenvalue weighted by atomic mass is 32.2. The van der Waals surface area contributed by atoms with Crippen LogP contribution in [0.1, 0.15) is 10.4 Å². The SMILES string of the molecule is COc1ccc(C(N)=O)cc1-c1ccc(S(C)(=O)=O)cc1. The molecule has 0 unspecified atom stereocenters. The molecule has 2 aromatic rings. The number of hydrogen-bond donors (Lipinski definition) is 1. The second-order valence-corrected chi connectivity index (χ2v) is 6.59. The summed E-state index contributed by atoms with van der Waals surface area (Å²) in [4.78, 5) is 11.5. The Hall–Kier alpha value is -2.34. The fraction of sp³-hybridized carbons (Fsp3) is 0.133. The van der Waals surface area contributed by atoms with Crippen LogP contribution in [0.25, 0.3) is 11.1 Å². The number of carbonyl (C=O) groups excluding carboxylic acids is 1. The standard InChI is InChI=1S/C15H15NO4S/c1-20-14-8-5-11(15(16)17)9-13(14)10-3-6-12(7-4-10)21(2,18)19/h3-9H,1-2H3,(H2,16,17). The largest absolute Gasteiger partial charge is 0.496 e. The smallest absolute Gasteiger partial charge is 0.248 e. The molecule has 2 aromatic carbocycles. The maximum atomic E-state index is 11.5. The highest BCUT2D eigenvalue weighted by molar-refractivity contribution is 7.90. The predicted octanol–water partition coefficient (Wildman–Crippen LogP) is 1.86. The summed E-state index contributed by atoms with van der Waals surface area (Å²) in [5.74, 6) is 0.0405. The summed E-state index contributed by atoms with van der Waals surface area (Å²) in [5.41, 5.74) is 7.05.